The molecule has 6 heteroatoms. The van der Waals surface area contributed by atoms with Gasteiger partial charge in [-0.1, -0.05) is 81.4 Å². The SMILES string of the molecule is CC(C)(C)c1ccc(-c2cc3cc(-c4cc5sccc5s4)cc4c5c6ccc(N(c7ccccc7)c7ccccc7)cc6oc5c5cc(-c6cc7sccc7s6)cc2c5c34)cc1. The van der Waals surface area contributed by atoms with E-state index in [4.69, 9.17) is 4.42 Å². The van der Waals surface area contributed by atoms with E-state index in [2.05, 4.69) is 194 Å². The molecular weight excluding hydrogens is 831 g/mol. The molecule has 0 unspecified atom stereocenters. The second-order valence-electron chi connectivity index (χ2n) is 17.3. The summed E-state index contributed by atoms with van der Waals surface area (Å²) < 4.78 is 12.7. The summed E-state index contributed by atoms with van der Waals surface area (Å²) in [5.41, 5.74) is 11.4. The molecule has 5 heterocycles. The minimum absolute atomic E-state index is 0.0617. The lowest BCUT2D eigenvalue weighted by molar-refractivity contribution is 0.590. The lowest BCUT2D eigenvalue weighted by Crippen LogP contribution is -2.10. The fourth-order valence-corrected chi connectivity index (χ4v) is 13.8. The third-order valence-corrected chi connectivity index (χ3v) is 16.8. The normalized spacial score (nSPS) is 12.4. The van der Waals surface area contributed by atoms with Gasteiger partial charge in [-0.05, 0) is 157 Å². The summed E-state index contributed by atoms with van der Waals surface area (Å²) >= 11 is 7.39. The van der Waals surface area contributed by atoms with Crippen molar-refractivity contribution in [1.82, 2.24) is 0 Å². The van der Waals surface area contributed by atoms with Gasteiger partial charge in [0.15, 0.2) is 0 Å². The van der Waals surface area contributed by atoms with E-state index in [1.54, 1.807) is 0 Å². The number of fused-ring (bicyclic) bond motifs is 7. The number of rotatable bonds is 6. The second kappa shape index (κ2) is 13.6. The van der Waals surface area contributed by atoms with E-state index in [1.165, 1.54) is 88.7 Å². The van der Waals surface area contributed by atoms with E-state index < -0.39 is 0 Å². The summed E-state index contributed by atoms with van der Waals surface area (Å²) in [6.07, 6.45) is 0. The minimum Gasteiger partial charge on any atom is -0.455 e. The highest BCUT2D eigenvalue weighted by Crippen LogP contribution is 2.52. The standard InChI is InChI=1S/C56H37NOS4/c1-56(2,3)36-16-14-32(15-17-36)41-28-35-24-33(48-30-50-46(61-48)20-22-59-50)26-43-52(35)53-42(41)25-34(49-31-51-47(62-49)21-23-60-51)27-44(53)55-54(43)40-19-18-39(29-45(40)58-55)57(37-10-6-4-7-11-37)38-12-8-5-9-13-38/h4-31H,1-3H3. The second-order valence-corrected chi connectivity index (χ2v) is 21.4. The van der Waals surface area contributed by atoms with Gasteiger partial charge >= 0.3 is 0 Å². The van der Waals surface area contributed by atoms with Gasteiger partial charge in [-0.15, -0.1) is 45.3 Å². The van der Waals surface area contributed by atoms with Crippen LogP contribution in [0, 0.1) is 0 Å². The lowest BCUT2D eigenvalue weighted by Gasteiger charge is -2.25. The molecule has 0 amide bonds. The maximum absolute atomic E-state index is 7.33. The Hall–Kier alpha value is -6.28. The lowest BCUT2D eigenvalue weighted by atomic mass is 9.83. The van der Waals surface area contributed by atoms with Crippen molar-refractivity contribution in [3.8, 4) is 32.0 Å². The van der Waals surface area contributed by atoms with Crippen LogP contribution in [0.5, 0.6) is 0 Å². The Morgan fingerprint density at radius 1 is 0.452 bits per heavy atom. The van der Waals surface area contributed by atoms with Gasteiger partial charge in [0, 0.05) is 73.2 Å². The highest BCUT2D eigenvalue weighted by atomic mass is 32.1. The summed E-state index contributed by atoms with van der Waals surface area (Å²) in [6.45, 7) is 6.86. The Kier molecular flexibility index (Phi) is 7.99. The quantitative estimate of drug-likeness (QED) is 0.155. The van der Waals surface area contributed by atoms with Crippen molar-refractivity contribution in [2.45, 2.75) is 26.2 Å². The van der Waals surface area contributed by atoms with Crippen molar-refractivity contribution in [2.24, 2.45) is 0 Å². The molecule has 0 aliphatic rings. The van der Waals surface area contributed by atoms with Crippen LogP contribution in [0.2, 0.25) is 0 Å². The van der Waals surface area contributed by atoms with Gasteiger partial charge in [-0.2, -0.15) is 0 Å². The average molecular weight is 868 g/mol. The topological polar surface area (TPSA) is 16.4 Å². The number of para-hydroxylation sites is 2. The molecule has 0 saturated heterocycles. The van der Waals surface area contributed by atoms with Crippen LogP contribution in [0.3, 0.4) is 0 Å². The predicted octanol–water partition coefficient (Wildman–Crippen LogP) is 18.8. The van der Waals surface area contributed by atoms with Crippen LogP contribution in [0.1, 0.15) is 26.3 Å². The first-order valence-electron chi connectivity index (χ1n) is 20.9. The van der Waals surface area contributed by atoms with Crippen LogP contribution < -0.4 is 4.90 Å². The first-order chi connectivity index (χ1) is 30.3. The van der Waals surface area contributed by atoms with Gasteiger partial charge in [0.25, 0.3) is 0 Å². The molecule has 0 aliphatic heterocycles. The number of hydrogen-bond donors (Lipinski definition) is 0. The molecule has 0 N–H and O–H groups in total. The van der Waals surface area contributed by atoms with Gasteiger partial charge in [-0.3, -0.25) is 0 Å². The molecule has 13 aromatic rings. The third kappa shape index (κ3) is 5.64. The number of thiophene rings is 4. The molecule has 0 radical (unpaired) electrons. The first-order valence-corrected chi connectivity index (χ1v) is 24.3. The predicted molar refractivity (Wildman–Crippen MR) is 274 cm³/mol. The fraction of sp³-hybridized carbons (Fsp3) is 0.0714. The molecule has 5 aromatic heterocycles. The van der Waals surface area contributed by atoms with Crippen molar-refractivity contribution >= 4 is 135 Å². The van der Waals surface area contributed by atoms with Crippen LogP contribution in [-0.4, -0.2) is 0 Å². The molecule has 8 aromatic carbocycles. The number of furan rings is 1. The van der Waals surface area contributed by atoms with Crippen LogP contribution >= 0.6 is 45.3 Å². The van der Waals surface area contributed by atoms with E-state index in [0.717, 1.165) is 39.0 Å². The van der Waals surface area contributed by atoms with Gasteiger partial charge in [0.05, 0.1) is 0 Å². The fourth-order valence-electron chi connectivity index (χ4n) is 9.56. The molecule has 0 bridgehead atoms. The van der Waals surface area contributed by atoms with E-state index in [9.17, 15) is 0 Å². The van der Waals surface area contributed by atoms with Crippen molar-refractivity contribution in [1.29, 1.82) is 0 Å². The Labute approximate surface area is 374 Å². The zero-order valence-corrected chi connectivity index (χ0v) is 37.4. The van der Waals surface area contributed by atoms with Crippen LogP contribution in [0.25, 0.3) is 105 Å². The summed E-state index contributed by atoms with van der Waals surface area (Å²) in [7, 11) is 0. The Balaban J connectivity index is 1.15. The molecule has 0 aliphatic carbocycles. The van der Waals surface area contributed by atoms with Gasteiger partial charge in [0.2, 0.25) is 0 Å². The molecule has 2 nitrogen and oxygen atoms in total. The zero-order chi connectivity index (χ0) is 41.3. The van der Waals surface area contributed by atoms with Gasteiger partial charge in [0.1, 0.15) is 11.2 Å². The molecule has 0 spiro atoms. The molecule has 13 rings (SSSR count). The van der Waals surface area contributed by atoms with Crippen molar-refractivity contribution in [2.75, 3.05) is 4.90 Å². The number of nitrogens with zero attached hydrogens (tertiary/aromatic N) is 1. The third-order valence-electron chi connectivity index (χ3n) is 12.5. The van der Waals surface area contributed by atoms with Crippen molar-refractivity contribution < 1.29 is 4.42 Å². The zero-order valence-electron chi connectivity index (χ0n) is 34.2. The summed E-state index contributed by atoms with van der Waals surface area (Å²) in [6, 6.07) is 58.8. The van der Waals surface area contributed by atoms with Crippen LogP contribution in [0.15, 0.2) is 173 Å². The van der Waals surface area contributed by atoms with Crippen molar-refractivity contribution in [3.05, 3.63) is 174 Å². The first kappa shape index (κ1) is 36.4. The smallest absolute Gasteiger partial charge is 0.143 e. The van der Waals surface area contributed by atoms with E-state index in [-0.39, 0.29) is 5.41 Å². The van der Waals surface area contributed by atoms with Crippen LogP contribution in [-0.2, 0) is 5.41 Å². The Morgan fingerprint density at radius 2 is 1.06 bits per heavy atom. The van der Waals surface area contributed by atoms with Crippen LogP contribution in [0.4, 0.5) is 17.1 Å². The summed E-state index contributed by atoms with van der Waals surface area (Å²) in [5, 5.41) is 14.1. The summed E-state index contributed by atoms with van der Waals surface area (Å²) in [4.78, 5) is 4.88. The average Bonchev–Trinajstić information content (AvgIpc) is 4.13. The van der Waals surface area contributed by atoms with E-state index in [0.29, 0.717) is 0 Å². The van der Waals surface area contributed by atoms with Gasteiger partial charge < -0.3 is 9.32 Å². The largest absolute Gasteiger partial charge is 0.455 e. The minimum atomic E-state index is 0.0617. The van der Waals surface area contributed by atoms with E-state index in [1.807, 2.05) is 45.3 Å². The van der Waals surface area contributed by atoms with Crippen molar-refractivity contribution in [3.63, 3.8) is 0 Å². The summed E-state index contributed by atoms with van der Waals surface area (Å²) in [5.74, 6) is 0. The number of hydrogen-bond acceptors (Lipinski definition) is 6. The molecule has 296 valence electrons. The number of anilines is 3. The Morgan fingerprint density at radius 3 is 1.69 bits per heavy atom. The monoisotopic (exact) mass is 867 g/mol. The molecule has 0 saturated carbocycles. The van der Waals surface area contributed by atoms with Gasteiger partial charge in [-0.25, -0.2) is 0 Å². The maximum Gasteiger partial charge on any atom is 0.143 e. The molecular formula is C56H37NOS4. The van der Waals surface area contributed by atoms with E-state index >= 15 is 0 Å². The molecule has 62 heavy (non-hydrogen) atoms. The highest BCUT2D eigenvalue weighted by Gasteiger charge is 2.25. The highest BCUT2D eigenvalue weighted by molar-refractivity contribution is 7.29. The number of benzene rings is 8. The maximum atomic E-state index is 7.33. The Bertz CT molecular complexity index is 3740. The molecule has 0 fully saturated rings. The molecule has 0 atom stereocenters.